The summed E-state index contributed by atoms with van der Waals surface area (Å²) in [6.45, 7) is 1.96. The number of ether oxygens (including phenoxy) is 1. The van der Waals surface area contributed by atoms with Crippen molar-refractivity contribution in [3.8, 4) is 17.1 Å². The van der Waals surface area contributed by atoms with Crippen LogP contribution in [-0.2, 0) is 0 Å². The van der Waals surface area contributed by atoms with Crippen molar-refractivity contribution < 1.29 is 9.53 Å². The van der Waals surface area contributed by atoms with Crippen LogP contribution in [0.25, 0.3) is 11.3 Å². The van der Waals surface area contributed by atoms with Crippen molar-refractivity contribution in [2.24, 2.45) is 0 Å². The first-order valence-electron chi connectivity index (χ1n) is 6.87. The van der Waals surface area contributed by atoms with Gasteiger partial charge in [-0.3, -0.25) is 4.79 Å². The van der Waals surface area contributed by atoms with Gasteiger partial charge in [-0.15, -0.1) is 21.5 Å². The van der Waals surface area contributed by atoms with Crippen LogP contribution in [0, 0.1) is 6.92 Å². The molecule has 1 amide bonds. The second-order valence-electron chi connectivity index (χ2n) is 4.75. The molecule has 0 aliphatic rings. The minimum absolute atomic E-state index is 0.223. The highest BCUT2D eigenvalue weighted by atomic mass is 32.1. The summed E-state index contributed by atoms with van der Waals surface area (Å²) in [4.78, 5) is 16.6. The topological polar surface area (TPSA) is 77.0 Å². The fourth-order valence-corrected chi connectivity index (χ4v) is 2.62. The second-order valence-corrected chi connectivity index (χ2v) is 5.81. The molecule has 6 nitrogen and oxygen atoms in total. The van der Waals surface area contributed by atoms with E-state index in [1.54, 1.807) is 23.5 Å². The van der Waals surface area contributed by atoms with Gasteiger partial charge in [-0.1, -0.05) is 12.1 Å². The first-order chi connectivity index (χ1) is 11.2. The Morgan fingerprint density at radius 2 is 2.09 bits per heavy atom. The van der Waals surface area contributed by atoms with Crippen LogP contribution >= 0.6 is 11.3 Å². The number of hydrogen-bond donors (Lipinski definition) is 1. The summed E-state index contributed by atoms with van der Waals surface area (Å²) in [6, 6.07) is 10.7. The lowest BCUT2D eigenvalue weighted by Crippen LogP contribution is -2.14. The van der Waals surface area contributed by atoms with Crippen LogP contribution < -0.4 is 10.1 Å². The molecular weight excluding hydrogens is 312 g/mol. The first-order valence-corrected chi connectivity index (χ1v) is 7.75. The van der Waals surface area contributed by atoms with Crippen LogP contribution in [-0.4, -0.2) is 28.2 Å². The van der Waals surface area contributed by atoms with Gasteiger partial charge >= 0.3 is 0 Å². The predicted molar refractivity (Wildman–Crippen MR) is 88.8 cm³/mol. The molecule has 0 aliphatic carbocycles. The molecule has 0 spiro atoms. The molecule has 0 aliphatic heterocycles. The molecule has 0 saturated heterocycles. The number of aromatic nitrogens is 3. The largest absolute Gasteiger partial charge is 0.480 e. The van der Waals surface area contributed by atoms with Crippen LogP contribution in [0.1, 0.15) is 15.5 Å². The number of hydrogen-bond acceptors (Lipinski definition) is 6. The Labute approximate surface area is 137 Å². The SMILES string of the molecule is COc1ccc(C(=O)Nc2cccc(-c3csc(C)n3)c2)nn1. The Bertz CT molecular complexity index is 830. The molecule has 3 aromatic rings. The van der Waals surface area contributed by atoms with Crippen molar-refractivity contribution in [2.45, 2.75) is 6.92 Å². The van der Waals surface area contributed by atoms with Crippen LogP contribution in [0.3, 0.4) is 0 Å². The average Bonchev–Trinajstić information content (AvgIpc) is 3.02. The van der Waals surface area contributed by atoms with Crippen molar-refractivity contribution in [1.82, 2.24) is 15.2 Å². The van der Waals surface area contributed by atoms with E-state index >= 15 is 0 Å². The number of methoxy groups -OCH3 is 1. The van der Waals surface area contributed by atoms with E-state index in [1.165, 1.54) is 7.11 Å². The smallest absolute Gasteiger partial charge is 0.276 e. The molecule has 2 heterocycles. The molecule has 116 valence electrons. The fourth-order valence-electron chi connectivity index (χ4n) is 2.00. The Morgan fingerprint density at radius 3 is 2.74 bits per heavy atom. The molecule has 0 fully saturated rings. The standard InChI is InChI=1S/C16H14N4O2S/c1-10-17-14(9-23-10)11-4-3-5-12(8-11)18-16(21)13-6-7-15(22-2)20-19-13/h3-9H,1-2H3,(H,18,21). The van der Waals surface area contributed by atoms with E-state index in [0.717, 1.165) is 16.3 Å². The third-order valence-corrected chi connectivity index (χ3v) is 3.89. The van der Waals surface area contributed by atoms with Crippen LogP contribution in [0.4, 0.5) is 5.69 Å². The number of nitrogens with zero attached hydrogens (tertiary/aromatic N) is 3. The third-order valence-electron chi connectivity index (χ3n) is 3.12. The Morgan fingerprint density at radius 1 is 1.22 bits per heavy atom. The quantitative estimate of drug-likeness (QED) is 0.797. The van der Waals surface area contributed by atoms with Crippen LogP contribution in [0.15, 0.2) is 41.8 Å². The van der Waals surface area contributed by atoms with Crippen LogP contribution in [0.5, 0.6) is 5.88 Å². The number of benzene rings is 1. The van der Waals surface area contributed by atoms with E-state index in [-0.39, 0.29) is 11.6 Å². The van der Waals surface area contributed by atoms with E-state index in [9.17, 15) is 4.79 Å². The highest BCUT2D eigenvalue weighted by Gasteiger charge is 2.10. The summed E-state index contributed by atoms with van der Waals surface area (Å²) in [5.74, 6) is 0.0363. The summed E-state index contributed by atoms with van der Waals surface area (Å²) in [6.07, 6.45) is 0. The van der Waals surface area contributed by atoms with Gasteiger partial charge in [0.25, 0.3) is 5.91 Å². The van der Waals surface area contributed by atoms with Crippen molar-refractivity contribution >= 4 is 22.9 Å². The van der Waals surface area contributed by atoms with Crippen LogP contribution in [0.2, 0.25) is 0 Å². The third kappa shape index (κ3) is 3.51. The molecule has 23 heavy (non-hydrogen) atoms. The summed E-state index contributed by atoms with van der Waals surface area (Å²) in [5.41, 5.74) is 2.75. The van der Waals surface area contributed by atoms with Gasteiger partial charge in [0.1, 0.15) is 0 Å². The maximum Gasteiger partial charge on any atom is 0.276 e. The molecular formula is C16H14N4O2S. The molecule has 0 saturated carbocycles. The van der Waals surface area contributed by atoms with E-state index in [4.69, 9.17) is 4.74 Å². The van der Waals surface area contributed by atoms with E-state index < -0.39 is 0 Å². The Balaban J connectivity index is 1.78. The molecule has 1 aromatic carbocycles. The molecule has 1 N–H and O–H groups in total. The zero-order chi connectivity index (χ0) is 16.2. The number of thiazole rings is 1. The lowest BCUT2D eigenvalue weighted by Gasteiger charge is -2.06. The summed E-state index contributed by atoms with van der Waals surface area (Å²) in [5, 5.41) is 13.4. The van der Waals surface area contributed by atoms with Gasteiger partial charge in [0, 0.05) is 22.7 Å². The number of amides is 1. The first kappa shape index (κ1) is 15.1. The molecule has 7 heteroatoms. The zero-order valence-electron chi connectivity index (χ0n) is 12.6. The maximum atomic E-state index is 12.2. The number of rotatable bonds is 4. The van der Waals surface area contributed by atoms with E-state index in [1.807, 2.05) is 36.6 Å². The van der Waals surface area contributed by atoms with E-state index in [0.29, 0.717) is 11.6 Å². The minimum Gasteiger partial charge on any atom is -0.480 e. The molecule has 0 bridgehead atoms. The summed E-state index contributed by atoms with van der Waals surface area (Å²) < 4.78 is 4.92. The predicted octanol–water partition coefficient (Wildman–Crippen LogP) is 3.17. The normalized spacial score (nSPS) is 10.3. The van der Waals surface area contributed by atoms with E-state index in [2.05, 4.69) is 20.5 Å². The number of anilines is 1. The second kappa shape index (κ2) is 6.53. The average molecular weight is 326 g/mol. The Hall–Kier alpha value is -2.80. The fraction of sp³-hybridized carbons (Fsp3) is 0.125. The number of carbonyl (C=O) groups excluding carboxylic acids is 1. The van der Waals surface area contributed by atoms with Gasteiger partial charge in [-0.05, 0) is 25.1 Å². The maximum absolute atomic E-state index is 12.2. The molecule has 0 atom stereocenters. The highest BCUT2D eigenvalue weighted by Crippen LogP contribution is 2.24. The van der Waals surface area contributed by atoms with Crippen molar-refractivity contribution in [2.75, 3.05) is 12.4 Å². The highest BCUT2D eigenvalue weighted by molar-refractivity contribution is 7.09. The number of aryl methyl sites for hydroxylation is 1. The van der Waals surface area contributed by atoms with Gasteiger partial charge in [0.2, 0.25) is 5.88 Å². The molecule has 3 rings (SSSR count). The molecule has 0 unspecified atom stereocenters. The van der Waals surface area contributed by atoms with Gasteiger partial charge in [0.15, 0.2) is 5.69 Å². The van der Waals surface area contributed by atoms with Crippen molar-refractivity contribution in [1.29, 1.82) is 0 Å². The summed E-state index contributed by atoms with van der Waals surface area (Å²) >= 11 is 1.59. The minimum atomic E-state index is -0.327. The number of nitrogens with one attached hydrogen (secondary N) is 1. The lowest BCUT2D eigenvalue weighted by atomic mass is 10.1. The zero-order valence-corrected chi connectivity index (χ0v) is 13.4. The van der Waals surface area contributed by atoms with Crippen molar-refractivity contribution in [3.63, 3.8) is 0 Å². The molecule has 0 radical (unpaired) electrons. The van der Waals surface area contributed by atoms with Gasteiger partial charge in [-0.25, -0.2) is 4.98 Å². The van der Waals surface area contributed by atoms with Gasteiger partial charge in [0.05, 0.1) is 17.8 Å². The lowest BCUT2D eigenvalue weighted by molar-refractivity contribution is 0.102. The monoisotopic (exact) mass is 326 g/mol. The Kier molecular flexibility index (Phi) is 4.29. The van der Waals surface area contributed by atoms with Gasteiger partial charge < -0.3 is 10.1 Å². The van der Waals surface area contributed by atoms with Crippen molar-refractivity contribution in [3.05, 3.63) is 52.5 Å². The molecule has 2 aromatic heterocycles. The number of carbonyl (C=O) groups is 1. The van der Waals surface area contributed by atoms with Gasteiger partial charge in [-0.2, -0.15) is 0 Å². The summed E-state index contributed by atoms with van der Waals surface area (Å²) in [7, 11) is 1.50.